The van der Waals surface area contributed by atoms with Crippen molar-refractivity contribution < 1.29 is 4.79 Å². The van der Waals surface area contributed by atoms with Gasteiger partial charge in [0.15, 0.2) is 0 Å². The summed E-state index contributed by atoms with van der Waals surface area (Å²) < 4.78 is 1.96. The second-order valence-corrected chi connectivity index (χ2v) is 7.61. The van der Waals surface area contributed by atoms with Gasteiger partial charge >= 0.3 is 6.03 Å². The molecule has 0 spiro atoms. The number of para-hydroxylation sites is 3. The summed E-state index contributed by atoms with van der Waals surface area (Å²) in [6, 6.07) is 19.4. The number of hydrogen-bond acceptors (Lipinski definition) is 5. The second kappa shape index (κ2) is 8.06. The molecule has 0 bridgehead atoms. The summed E-state index contributed by atoms with van der Waals surface area (Å²) in [5.74, 6) is 1.40. The average molecular weight is 413 g/mol. The number of imidazole rings is 1. The highest BCUT2D eigenvalue weighted by Crippen LogP contribution is 2.22. The number of rotatable bonds is 4. The smallest absolute Gasteiger partial charge is 0.321 e. The van der Waals surface area contributed by atoms with E-state index in [9.17, 15) is 4.79 Å². The fourth-order valence-electron chi connectivity index (χ4n) is 3.91. The monoisotopic (exact) mass is 413 g/mol. The molecule has 2 aromatic carbocycles. The van der Waals surface area contributed by atoms with Gasteiger partial charge < -0.3 is 15.1 Å². The summed E-state index contributed by atoms with van der Waals surface area (Å²) in [6.07, 6.45) is 4.40. The highest BCUT2D eigenvalue weighted by molar-refractivity contribution is 5.89. The second-order valence-electron chi connectivity index (χ2n) is 7.61. The molecule has 4 aromatic rings. The van der Waals surface area contributed by atoms with Crippen LogP contribution in [0, 0.1) is 0 Å². The molecule has 8 heteroatoms. The fourth-order valence-corrected chi connectivity index (χ4v) is 3.91. The zero-order valence-electron chi connectivity index (χ0n) is 17.2. The lowest BCUT2D eigenvalue weighted by atomic mass is 10.2. The summed E-state index contributed by atoms with van der Waals surface area (Å²) >= 11 is 0. The van der Waals surface area contributed by atoms with E-state index >= 15 is 0 Å². The minimum absolute atomic E-state index is 0.0818. The molecule has 0 saturated carbocycles. The number of hydrogen-bond donors (Lipinski definition) is 1. The number of likely N-dealkylation sites (N-methyl/N-ethyl adjacent to an activating group) is 1. The van der Waals surface area contributed by atoms with Crippen molar-refractivity contribution in [2.75, 3.05) is 30.4 Å². The Morgan fingerprint density at radius 1 is 1.06 bits per heavy atom. The maximum absolute atomic E-state index is 12.6. The molecule has 1 saturated heterocycles. The Kier molecular flexibility index (Phi) is 4.95. The molecule has 1 unspecified atom stereocenters. The van der Waals surface area contributed by atoms with Gasteiger partial charge in [0, 0.05) is 32.0 Å². The number of carbonyl (C=O) groups is 1. The van der Waals surface area contributed by atoms with Gasteiger partial charge in [-0.15, -0.1) is 0 Å². The molecule has 2 amide bonds. The Morgan fingerprint density at radius 3 is 2.74 bits per heavy atom. The topological polar surface area (TPSA) is 79.2 Å². The molecule has 1 N–H and O–H groups in total. The Bertz CT molecular complexity index is 1210. The third-order valence-corrected chi connectivity index (χ3v) is 5.67. The lowest BCUT2D eigenvalue weighted by Gasteiger charge is -2.25. The van der Waals surface area contributed by atoms with Crippen LogP contribution in [0.5, 0.6) is 0 Å². The molecule has 1 fully saturated rings. The van der Waals surface area contributed by atoms with Crippen molar-refractivity contribution in [3.63, 3.8) is 0 Å². The van der Waals surface area contributed by atoms with Crippen LogP contribution in [0.15, 0.2) is 73.2 Å². The van der Waals surface area contributed by atoms with E-state index in [1.807, 2.05) is 77.2 Å². The van der Waals surface area contributed by atoms with Gasteiger partial charge in [-0.2, -0.15) is 4.98 Å². The Hall–Kier alpha value is -3.94. The lowest BCUT2D eigenvalue weighted by Crippen LogP contribution is -2.39. The van der Waals surface area contributed by atoms with Crippen molar-refractivity contribution >= 4 is 28.7 Å². The van der Waals surface area contributed by atoms with Crippen LogP contribution in [0.2, 0.25) is 0 Å². The van der Waals surface area contributed by atoms with Gasteiger partial charge in [0.2, 0.25) is 5.95 Å². The number of benzene rings is 2. The van der Waals surface area contributed by atoms with E-state index in [0.717, 1.165) is 29.0 Å². The Morgan fingerprint density at radius 2 is 1.87 bits per heavy atom. The molecule has 8 nitrogen and oxygen atoms in total. The van der Waals surface area contributed by atoms with Crippen LogP contribution in [0.4, 0.5) is 16.4 Å². The van der Waals surface area contributed by atoms with Gasteiger partial charge in [0.1, 0.15) is 12.1 Å². The normalized spacial score (nSPS) is 15.9. The van der Waals surface area contributed by atoms with Crippen LogP contribution in [-0.4, -0.2) is 56.6 Å². The Balaban J connectivity index is 1.30. The third kappa shape index (κ3) is 3.79. The van der Waals surface area contributed by atoms with E-state index in [1.54, 1.807) is 12.5 Å². The molecule has 1 aliphatic heterocycles. The van der Waals surface area contributed by atoms with Gasteiger partial charge in [-0.25, -0.2) is 14.8 Å². The number of nitrogens with zero attached hydrogens (tertiary/aromatic N) is 6. The maximum atomic E-state index is 12.6. The summed E-state index contributed by atoms with van der Waals surface area (Å²) in [4.78, 5) is 30.2. The molecule has 156 valence electrons. The quantitative estimate of drug-likeness (QED) is 0.553. The van der Waals surface area contributed by atoms with Crippen LogP contribution < -0.4 is 10.2 Å². The highest BCUT2D eigenvalue weighted by atomic mass is 16.2. The first-order valence-corrected chi connectivity index (χ1v) is 10.3. The molecule has 3 heterocycles. The van der Waals surface area contributed by atoms with E-state index in [1.165, 1.54) is 0 Å². The zero-order chi connectivity index (χ0) is 21.2. The fraction of sp³-hybridized carbons (Fsp3) is 0.217. The predicted octanol–water partition coefficient (Wildman–Crippen LogP) is 3.56. The zero-order valence-corrected chi connectivity index (χ0v) is 17.2. The number of aromatic nitrogens is 4. The number of anilines is 2. The van der Waals surface area contributed by atoms with E-state index < -0.39 is 0 Å². The minimum atomic E-state index is -0.0818. The molecule has 2 aromatic heterocycles. The molecule has 1 atom stereocenters. The third-order valence-electron chi connectivity index (χ3n) is 5.67. The van der Waals surface area contributed by atoms with Crippen LogP contribution in [0.1, 0.15) is 6.42 Å². The minimum Gasteiger partial charge on any atom is -0.339 e. The van der Waals surface area contributed by atoms with Crippen molar-refractivity contribution in [1.82, 2.24) is 24.4 Å². The molecule has 1 aliphatic rings. The number of nitrogens with one attached hydrogen (secondary N) is 1. The van der Waals surface area contributed by atoms with Gasteiger partial charge in [-0.05, 0) is 36.8 Å². The predicted molar refractivity (Wildman–Crippen MR) is 121 cm³/mol. The summed E-state index contributed by atoms with van der Waals surface area (Å²) in [7, 11) is 1.98. The maximum Gasteiger partial charge on any atom is 0.321 e. The van der Waals surface area contributed by atoms with Crippen molar-refractivity contribution in [2.24, 2.45) is 0 Å². The van der Waals surface area contributed by atoms with E-state index in [-0.39, 0.29) is 12.1 Å². The molecule has 31 heavy (non-hydrogen) atoms. The van der Waals surface area contributed by atoms with Crippen LogP contribution in [-0.2, 0) is 0 Å². The van der Waals surface area contributed by atoms with E-state index in [0.29, 0.717) is 19.0 Å². The summed E-state index contributed by atoms with van der Waals surface area (Å²) in [5, 5.41) is 2.95. The molecular weight excluding hydrogens is 390 g/mol. The summed E-state index contributed by atoms with van der Waals surface area (Å²) in [5.41, 5.74) is 2.72. The first-order chi connectivity index (χ1) is 15.2. The van der Waals surface area contributed by atoms with E-state index in [2.05, 4.69) is 20.2 Å². The number of urea groups is 1. The molecule has 5 rings (SSSR count). The number of likely N-dealkylation sites (tertiary alicyclic amines) is 1. The van der Waals surface area contributed by atoms with Crippen LogP contribution in [0.3, 0.4) is 0 Å². The molecular formula is C23H23N7O. The van der Waals surface area contributed by atoms with Crippen molar-refractivity contribution in [3.05, 3.63) is 73.2 Å². The van der Waals surface area contributed by atoms with Gasteiger partial charge in [0.05, 0.1) is 17.1 Å². The van der Waals surface area contributed by atoms with Crippen molar-refractivity contribution in [1.29, 1.82) is 0 Å². The van der Waals surface area contributed by atoms with Crippen LogP contribution >= 0.6 is 0 Å². The summed E-state index contributed by atoms with van der Waals surface area (Å²) in [6.45, 7) is 1.32. The van der Waals surface area contributed by atoms with Crippen LogP contribution in [0.25, 0.3) is 16.9 Å². The molecule has 0 radical (unpaired) electrons. The van der Waals surface area contributed by atoms with Gasteiger partial charge in [0.25, 0.3) is 0 Å². The largest absolute Gasteiger partial charge is 0.339 e. The SMILES string of the molecule is CN(c1nccc(-n2cnc3ccccc32)n1)C1CCN(C(=O)Nc2ccccc2)C1. The lowest BCUT2D eigenvalue weighted by molar-refractivity contribution is 0.222. The number of carbonyl (C=O) groups excluding carboxylic acids is 1. The molecule has 0 aliphatic carbocycles. The first-order valence-electron chi connectivity index (χ1n) is 10.3. The van der Waals surface area contributed by atoms with Gasteiger partial charge in [-0.3, -0.25) is 4.57 Å². The van der Waals surface area contributed by atoms with Crippen molar-refractivity contribution in [2.45, 2.75) is 12.5 Å². The number of amides is 2. The van der Waals surface area contributed by atoms with Gasteiger partial charge in [-0.1, -0.05) is 30.3 Å². The Labute approximate surface area is 180 Å². The van der Waals surface area contributed by atoms with Crippen molar-refractivity contribution in [3.8, 4) is 5.82 Å². The highest BCUT2D eigenvalue weighted by Gasteiger charge is 2.30. The average Bonchev–Trinajstić information content (AvgIpc) is 3.47. The standard InChI is InChI=1S/C23H23N7O/c1-28(18-12-14-29(15-18)23(31)26-17-7-3-2-4-8-17)22-24-13-11-21(27-22)30-16-25-19-9-5-6-10-20(19)30/h2-11,13,16,18H,12,14-15H2,1H3,(H,26,31). The number of fused-ring (bicyclic) bond motifs is 1. The van der Waals surface area contributed by atoms with E-state index in [4.69, 9.17) is 4.98 Å². The first kappa shape index (κ1) is 19.0.